The Balaban J connectivity index is 1.50. The number of hydrogen-bond donors (Lipinski definition) is 0. The van der Waals surface area contributed by atoms with Gasteiger partial charge in [-0.25, -0.2) is 4.79 Å². The molecule has 1 aliphatic heterocycles. The van der Waals surface area contributed by atoms with E-state index < -0.39 is 12.1 Å². The molecule has 2 amide bonds. The number of carbonyl (C=O) groups excluding carboxylic acids is 4. The molecule has 1 aliphatic carbocycles. The predicted molar refractivity (Wildman–Crippen MR) is 115 cm³/mol. The van der Waals surface area contributed by atoms with Crippen molar-refractivity contribution in [3.8, 4) is 0 Å². The third-order valence-electron chi connectivity index (χ3n) is 6.24. The topological polar surface area (TPSA) is 80.8 Å². The summed E-state index contributed by atoms with van der Waals surface area (Å²) in [5, 5.41) is 0. The minimum absolute atomic E-state index is 0.189. The Morgan fingerprint density at radius 3 is 2.35 bits per heavy atom. The second-order valence-electron chi connectivity index (χ2n) is 8.47. The fraction of sp³-hybridized carbons (Fsp3) is 0.360. The van der Waals surface area contributed by atoms with Crippen LogP contribution in [-0.2, 0) is 14.3 Å². The first-order chi connectivity index (χ1) is 14.9. The summed E-state index contributed by atoms with van der Waals surface area (Å²) < 4.78 is 5.36. The molecule has 0 N–H and O–H groups in total. The van der Waals surface area contributed by atoms with Gasteiger partial charge in [0.2, 0.25) is 17.6 Å². The molecule has 6 heteroatoms. The Hall–Kier alpha value is -3.28. The number of amides is 2. The van der Waals surface area contributed by atoms with Crippen molar-refractivity contribution in [2.24, 2.45) is 17.8 Å². The van der Waals surface area contributed by atoms with Gasteiger partial charge in [-0.1, -0.05) is 43.3 Å². The van der Waals surface area contributed by atoms with Crippen molar-refractivity contribution in [1.82, 2.24) is 0 Å². The van der Waals surface area contributed by atoms with E-state index in [4.69, 9.17) is 4.74 Å². The van der Waals surface area contributed by atoms with Crippen molar-refractivity contribution in [1.29, 1.82) is 0 Å². The van der Waals surface area contributed by atoms with Crippen LogP contribution in [0.1, 0.15) is 53.8 Å². The van der Waals surface area contributed by atoms with Crippen molar-refractivity contribution in [3.05, 3.63) is 65.7 Å². The third-order valence-corrected chi connectivity index (χ3v) is 6.24. The summed E-state index contributed by atoms with van der Waals surface area (Å²) >= 11 is 0. The maximum Gasteiger partial charge on any atom is 0.338 e. The van der Waals surface area contributed by atoms with Gasteiger partial charge in [0.25, 0.3) is 0 Å². The first-order valence-corrected chi connectivity index (χ1v) is 10.6. The molecule has 0 spiro atoms. The van der Waals surface area contributed by atoms with E-state index in [0.29, 0.717) is 30.0 Å². The molecule has 0 unspecified atom stereocenters. The Labute approximate surface area is 181 Å². The first-order valence-electron chi connectivity index (χ1n) is 10.6. The van der Waals surface area contributed by atoms with Crippen LogP contribution in [0.3, 0.4) is 0 Å². The van der Waals surface area contributed by atoms with Gasteiger partial charge in [0, 0.05) is 5.56 Å². The van der Waals surface area contributed by atoms with Gasteiger partial charge in [0.05, 0.1) is 23.1 Å². The normalized spacial score (nSPS) is 23.9. The number of fused-ring (bicyclic) bond motifs is 1. The Kier molecular flexibility index (Phi) is 5.72. The standard InChI is InChI=1S/C25H25NO5/c1-15-11-12-20-21(13-15)24(29)26(23(20)28)19-10-6-9-18(14-19)25(30)31-16(2)22(27)17-7-4-3-5-8-17/h3-10,14-16,20-21H,11-13H2,1-2H3/t15-,16-,20+,21+/m0/s1. The fourth-order valence-electron chi connectivity index (χ4n) is 4.54. The Morgan fingerprint density at radius 2 is 1.61 bits per heavy atom. The molecule has 160 valence electrons. The molecule has 4 rings (SSSR count). The number of hydrogen-bond acceptors (Lipinski definition) is 5. The molecule has 4 atom stereocenters. The summed E-state index contributed by atoms with van der Waals surface area (Å²) in [6.07, 6.45) is 1.41. The van der Waals surface area contributed by atoms with Crippen LogP contribution in [-0.4, -0.2) is 29.7 Å². The average Bonchev–Trinajstić information content (AvgIpc) is 3.03. The van der Waals surface area contributed by atoms with E-state index in [1.807, 2.05) is 0 Å². The maximum atomic E-state index is 12.9. The zero-order valence-electron chi connectivity index (χ0n) is 17.6. The highest BCUT2D eigenvalue weighted by Crippen LogP contribution is 2.42. The van der Waals surface area contributed by atoms with E-state index in [-0.39, 0.29) is 35.0 Å². The van der Waals surface area contributed by atoms with Gasteiger partial charge in [-0.15, -0.1) is 0 Å². The fourth-order valence-corrected chi connectivity index (χ4v) is 4.54. The number of carbonyl (C=O) groups is 4. The highest BCUT2D eigenvalue weighted by atomic mass is 16.5. The molecule has 1 heterocycles. The summed E-state index contributed by atoms with van der Waals surface area (Å²) in [7, 11) is 0. The summed E-state index contributed by atoms with van der Waals surface area (Å²) in [5.74, 6) is -1.50. The van der Waals surface area contributed by atoms with Crippen molar-refractivity contribution in [2.75, 3.05) is 4.90 Å². The van der Waals surface area contributed by atoms with Crippen LogP contribution < -0.4 is 4.90 Å². The molecule has 0 bridgehead atoms. The van der Waals surface area contributed by atoms with Crippen molar-refractivity contribution >= 4 is 29.3 Å². The van der Waals surface area contributed by atoms with Gasteiger partial charge in [0.1, 0.15) is 0 Å². The Bertz CT molecular complexity index is 1030. The largest absolute Gasteiger partial charge is 0.451 e. The second kappa shape index (κ2) is 8.46. The SMILES string of the molecule is C[C@H]1CC[C@H]2C(=O)N(c3cccc(C(=O)O[C@@H](C)C(=O)c4ccccc4)c3)C(=O)[C@@H]2C1. The summed E-state index contributed by atoms with van der Waals surface area (Å²) in [4.78, 5) is 52.2. The van der Waals surface area contributed by atoms with Gasteiger partial charge < -0.3 is 4.74 Å². The van der Waals surface area contributed by atoms with Gasteiger partial charge in [0.15, 0.2) is 6.10 Å². The third kappa shape index (κ3) is 4.02. The number of ether oxygens (including phenoxy) is 1. The molecule has 6 nitrogen and oxygen atoms in total. The van der Waals surface area contributed by atoms with Crippen LogP contribution in [0, 0.1) is 17.8 Å². The van der Waals surface area contributed by atoms with Crippen molar-refractivity contribution in [2.45, 2.75) is 39.2 Å². The number of rotatable bonds is 5. The van der Waals surface area contributed by atoms with Crippen LogP contribution in [0.25, 0.3) is 0 Å². The first kappa shape index (κ1) is 21.0. The van der Waals surface area contributed by atoms with E-state index in [2.05, 4.69) is 6.92 Å². The van der Waals surface area contributed by atoms with Crippen LogP contribution in [0.4, 0.5) is 5.69 Å². The highest BCUT2D eigenvalue weighted by molar-refractivity contribution is 6.22. The molecule has 1 saturated heterocycles. The van der Waals surface area contributed by atoms with Crippen molar-refractivity contribution < 1.29 is 23.9 Å². The lowest BCUT2D eigenvalue weighted by molar-refractivity contribution is -0.122. The molecule has 2 aromatic carbocycles. The van der Waals surface area contributed by atoms with Gasteiger partial charge in [-0.05, 0) is 50.3 Å². The van der Waals surface area contributed by atoms with E-state index in [1.54, 1.807) is 48.5 Å². The van der Waals surface area contributed by atoms with Gasteiger partial charge in [-0.3, -0.25) is 19.3 Å². The average molecular weight is 419 g/mol. The number of nitrogens with zero attached hydrogens (tertiary/aromatic N) is 1. The zero-order valence-corrected chi connectivity index (χ0v) is 17.6. The molecular weight excluding hydrogens is 394 g/mol. The minimum Gasteiger partial charge on any atom is -0.451 e. The number of ketones is 1. The number of esters is 1. The molecule has 31 heavy (non-hydrogen) atoms. The van der Waals surface area contributed by atoms with E-state index in [0.717, 1.165) is 6.42 Å². The summed E-state index contributed by atoms with van der Waals surface area (Å²) in [5.41, 5.74) is 1.02. The predicted octanol–water partition coefficient (Wildman–Crippen LogP) is 4.04. The Morgan fingerprint density at radius 1 is 0.935 bits per heavy atom. The van der Waals surface area contributed by atoms with E-state index in [1.165, 1.54) is 17.9 Å². The lowest BCUT2D eigenvalue weighted by Crippen LogP contribution is -2.31. The highest BCUT2D eigenvalue weighted by Gasteiger charge is 2.50. The van der Waals surface area contributed by atoms with Crippen LogP contribution in [0.5, 0.6) is 0 Å². The second-order valence-corrected chi connectivity index (χ2v) is 8.47. The molecular formula is C25H25NO5. The molecule has 0 aromatic heterocycles. The van der Waals surface area contributed by atoms with Crippen LogP contribution >= 0.6 is 0 Å². The van der Waals surface area contributed by atoms with Crippen molar-refractivity contribution in [3.63, 3.8) is 0 Å². The van der Waals surface area contributed by atoms with E-state index >= 15 is 0 Å². The molecule has 0 radical (unpaired) electrons. The van der Waals surface area contributed by atoms with Gasteiger partial charge in [-0.2, -0.15) is 0 Å². The minimum atomic E-state index is -0.960. The zero-order chi connectivity index (χ0) is 22.1. The van der Waals surface area contributed by atoms with Gasteiger partial charge >= 0.3 is 5.97 Å². The summed E-state index contributed by atoms with van der Waals surface area (Å²) in [6.45, 7) is 3.63. The smallest absolute Gasteiger partial charge is 0.338 e. The molecule has 2 aliphatic rings. The lowest BCUT2D eigenvalue weighted by atomic mass is 9.76. The maximum absolute atomic E-state index is 12.9. The quantitative estimate of drug-likeness (QED) is 0.415. The van der Waals surface area contributed by atoms with E-state index in [9.17, 15) is 19.2 Å². The molecule has 2 aromatic rings. The van der Waals surface area contributed by atoms with Crippen LogP contribution in [0.15, 0.2) is 54.6 Å². The number of anilines is 1. The lowest BCUT2D eigenvalue weighted by Gasteiger charge is -2.25. The number of imide groups is 1. The van der Waals surface area contributed by atoms with Crippen LogP contribution in [0.2, 0.25) is 0 Å². The number of Topliss-reactive ketones (excluding diaryl/α,β-unsaturated/α-hetero) is 1. The summed E-state index contributed by atoms with van der Waals surface area (Å²) in [6, 6.07) is 14.9. The molecule has 2 fully saturated rings. The monoisotopic (exact) mass is 419 g/mol. The molecule has 1 saturated carbocycles. The number of benzene rings is 2.